The van der Waals surface area contributed by atoms with E-state index < -0.39 is 0 Å². The van der Waals surface area contributed by atoms with Crippen LogP contribution in [0, 0.1) is 5.92 Å². The van der Waals surface area contributed by atoms with Crippen LogP contribution in [0.2, 0.25) is 0 Å². The first-order chi connectivity index (χ1) is 7.94. The first kappa shape index (κ1) is 15.1. The van der Waals surface area contributed by atoms with Gasteiger partial charge in [-0.15, -0.1) is 0 Å². The van der Waals surface area contributed by atoms with Crippen LogP contribution in [0.5, 0.6) is 0 Å². The van der Waals surface area contributed by atoms with Gasteiger partial charge in [0, 0.05) is 23.2 Å². The van der Waals surface area contributed by atoms with E-state index in [1.54, 1.807) is 0 Å². The van der Waals surface area contributed by atoms with Crippen LogP contribution in [-0.4, -0.2) is 9.78 Å². The Morgan fingerprint density at radius 2 is 1.56 bits per heavy atom. The molecule has 0 saturated heterocycles. The molecule has 0 bridgehead atoms. The van der Waals surface area contributed by atoms with Crippen molar-refractivity contribution in [1.29, 1.82) is 0 Å². The highest BCUT2D eigenvalue weighted by Gasteiger charge is 2.32. The molecule has 0 aliphatic carbocycles. The van der Waals surface area contributed by atoms with E-state index >= 15 is 0 Å². The number of aromatic nitrogens is 2. The van der Waals surface area contributed by atoms with Crippen LogP contribution in [0.4, 0.5) is 0 Å². The summed E-state index contributed by atoms with van der Waals surface area (Å²) in [6, 6.07) is 0. The molecule has 0 atom stereocenters. The molecule has 1 heterocycles. The molecule has 3 nitrogen and oxygen atoms in total. The Hall–Kier alpha value is -0.990. The SMILES string of the molecule is CC(C)Cn1[nH]c(=O)c(C(C)(C)C)c1C(C)(C)C. The Bertz CT molecular complexity index is 464. The van der Waals surface area contributed by atoms with Gasteiger partial charge < -0.3 is 0 Å². The topological polar surface area (TPSA) is 37.8 Å². The lowest BCUT2D eigenvalue weighted by Crippen LogP contribution is -2.27. The Balaban J connectivity index is 3.53. The highest BCUT2D eigenvalue weighted by atomic mass is 16.1. The third-order valence-electron chi connectivity index (χ3n) is 2.98. The van der Waals surface area contributed by atoms with Gasteiger partial charge in [0.05, 0.1) is 0 Å². The van der Waals surface area contributed by atoms with Gasteiger partial charge in [0.1, 0.15) is 0 Å². The molecule has 104 valence electrons. The summed E-state index contributed by atoms with van der Waals surface area (Å²) >= 11 is 0. The van der Waals surface area contributed by atoms with E-state index in [1.165, 1.54) is 0 Å². The second kappa shape index (κ2) is 4.60. The molecule has 0 aliphatic heterocycles. The third-order valence-corrected chi connectivity index (χ3v) is 2.98. The Morgan fingerprint density at radius 1 is 1.06 bits per heavy atom. The first-order valence-corrected chi connectivity index (χ1v) is 6.78. The van der Waals surface area contributed by atoms with Crippen molar-refractivity contribution >= 4 is 0 Å². The predicted molar refractivity (Wildman–Crippen MR) is 77.3 cm³/mol. The molecule has 0 saturated carbocycles. The minimum absolute atomic E-state index is 0.0311. The average Bonchev–Trinajstić information content (AvgIpc) is 2.38. The van der Waals surface area contributed by atoms with Crippen LogP contribution in [0.25, 0.3) is 0 Å². The third kappa shape index (κ3) is 3.06. The second-order valence-electron chi connectivity index (χ2n) is 7.67. The molecule has 3 heteroatoms. The fourth-order valence-corrected chi connectivity index (χ4v) is 2.45. The first-order valence-electron chi connectivity index (χ1n) is 6.78. The van der Waals surface area contributed by atoms with Crippen LogP contribution in [0.15, 0.2) is 4.79 Å². The van der Waals surface area contributed by atoms with E-state index in [9.17, 15) is 4.79 Å². The molecule has 0 aliphatic rings. The van der Waals surface area contributed by atoms with Crippen molar-refractivity contribution < 1.29 is 0 Å². The summed E-state index contributed by atoms with van der Waals surface area (Å²) in [4.78, 5) is 12.3. The monoisotopic (exact) mass is 252 g/mol. The Kier molecular flexibility index (Phi) is 3.85. The van der Waals surface area contributed by atoms with Gasteiger partial charge in [-0.2, -0.15) is 0 Å². The highest BCUT2D eigenvalue weighted by Crippen LogP contribution is 2.31. The molecule has 0 fully saturated rings. The summed E-state index contributed by atoms with van der Waals surface area (Å²) in [5.74, 6) is 0.516. The van der Waals surface area contributed by atoms with E-state index in [0.717, 1.165) is 17.8 Å². The molecule has 1 N–H and O–H groups in total. The lowest BCUT2D eigenvalue weighted by molar-refractivity contribution is 0.419. The molecule has 18 heavy (non-hydrogen) atoms. The van der Waals surface area contributed by atoms with Crippen molar-refractivity contribution in [2.24, 2.45) is 5.92 Å². The zero-order valence-corrected chi connectivity index (χ0v) is 13.1. The van der Waals surface area contributed by atoms with Gasteiger partial charge in [-0.1, -0.05) is 55.4 Å². The summed E-state index contributed by atoms with van der Waals surface area (Å²) in [7, 11) is 0. The van der Waals surface area contributed by atoms with Gasteiger partial charge in [-0.05, 0) is 11.3 Å². The number of aromatic amines is 1. The molecule has 1 aromatic heterocycles. The number of nitrogens with zero attached hydrogens (tertiary/aromatic N) is 1. The van der Waals surface area contributed by atoms with Crippen LogP contribution in [0.1, 0.15) is 66.6 Å². The number of hydrogen-bond donors (Lipinski definition) is 1. The molecule has 1 rings (SSSR count). The largest absolute Gasteiger partial charge is 0.288 e. The molecule has 0 radical (unpaired) electrons. The molecule has 0 spiro atoms. The van der Waals surface area contributed by atoms with Gasteiger partial charge >= 0.3 is 0 Å². The van der Waals surface area contributed by atoms with E-state index in [4.69, 9.17) is 0 Å². The maximum absolute atomic E-state index is 12.3. The zero-order valence-electron chi connectivity index (χ0n) is 13.1. The van der Waals surface area contributed by atoms with Crippen LogP contribution in [0.3, 0.4) is 0 Å². The number of rotatable bonds is 2. The lowest BCUT2D eigenvalue weighted by Gasteiger charge is -2.27. The lowest BCUT2D eigenvalue weighted by atomic mass is 9.79. The maximum Gasteiger partial charge on any atom is 0.268 e. The minimum atomic E-state index is -0.127. The molecule has 1 aromatic rings. The maximum atomic E-state index is 12.3. The molecule has 0 aromatic carbocycles. The summed E-state index contributed by atoms with van der Waals surface area (Å²) in [6.07, 6.45) is 0. The van der Waals surface area contributed by atoms with Gasteiger partial charge in [0.2, 0.25) is 0 Å². The Morgan fingerprint density at radius 3 is 1.89 bits per heavy atom. The molecular formula is C15H28N2O. The minimum Gasteiger partial charge on any atom is -0.288 e. The molecule has 0 unspecified atom stereocenters. The van der Waals surface area contributed by atoms with Crippen molar-refractivity contribution in [2.75, 3.05) is 0 Å². The van der Waals surface area contributed by atoms with Crippen molar-refractivity contribution in [3.63, 3.8) is 0 Å². The smallest absolute Gasteiger partial charge is 0.268 e. The molecule has 0 amide bonds. The number of nitrogens with one attached hydrogen (secondary N) is 1. The second-order valence-corrected chi connectivity index (χ2v) is 7.67. The fourth-order valence-electron chi connectivity index (χ4n) is 2.45. The zero-order chi connectivity index (χ0) is 14.3. The van der Waals surface area contributed by atoms with Gasteiger partial charge in [0.25, 0.3) is 5.56 Å². The quantitative estimate of drug-likeness (QED) is 0.860. The van der Waals surface area contributed by atoms with E-state index in [-0.39, 0.29) is 16.4 Å². The Labute approximate surface area is 111 Å². The standard InChI is InChI=1S/C15H28N2O/c1-10(2)9-17-12(15(6,7)8)11(13(18)16-17)14(3,4)5/h10H,9H2,1-8H3,(H,16,18). The van der Waals surface area contributed by atoms with Crippen LogP contribution >= 0.6 is 0 Å². The summed E-state index contributed by atoms with van der Waals surface area (Å²) in [5.41, 5.74) is 1.98. The van der Waals surface area contributed by atoms with Crippen molar-refractivity contribution in [2.45, 2.75) is 72.8 Å². The van der Waals surface area contributed by atoms with Gasteiger partial charge in [-0.25, -0.2) is 0 Å². The van der Waals surface area contributed by atoms with E-state index in [1.807, 2.05) is 4.68 Å². The normalized spacial score (nSPS) is 13.4. The highest BCUT2D eigenvalue weighted by molar-refractivity contribution is 5.31. The summed E-state index contributed by atoms with van der Waals surface area (Å²) in [5, 5.41) is 3.02. The summed E-state index contributed by atoms with van der Waals surface area (Å²) in [6.45, 7) is 18.0. The van der Waals surface area contributed by atoms with Gasteiger partial charge in [0.15, 0.2) is 0 Å². The van der Waals surface area contributed by atoms with Crippen LogP contribution in [-0.2, 0) is 17.4 Å². The predicted octanol–water partition coefficient (Wildman–Crippen LogP) is 3.43. The van der Waals surface area contributed by atoms with Crippen molar-refractivity contribution in [1.82, 2.24) is 9.78 Å². The van der Waals surface area contributed by atoms with Crippen molar-refractivity contribution in [3.05, 3.63) is 21.6 Å². The average molecular weight is 252 g/mol. The summed E-state index contributed by atoms with van der Waals surface area (Å²) < 4.78 is 2.05. The fraction of sp³-hybridized carbons (Fsp3) is 0.800. The van der Waals surface area contributed by atoms with Crippen molar-refractivity contribution in [3.8, 4) is 0 Å². The van der Waals surface area contributed by atoms with E-state index in [2.05, 4.69) is 60.5 Å². The van der Waals surface area contributed by atoms with Crippen LogP contribution < -0.4 is 5.56 Å². The molecular weight excluding hydrogens is 224 g/mol. The van der Waals surface area contributed by atoms with E-state index in [0.29, 0.717) is 5.92 Å². The number of hydrogen-bond acceptors (Lipinski definition) is 1. The number of H-pyrrole nitrogens is 1. The van der Waals surface area contributed by atoms with Gasteiger partial charge in [-0.3, -0.25) is 14.6 Å².